The number of benzene rings is 1. The monoisotopic (exact) mass is 174 g/mol. The summed E-state index contributed by atoms with van der Waals surface area (Å²) in [5.74, 6) is 2.45. The summed E-state index contributed by atoms with van der Waals surface area (Å²) in [6.07, 6.45) is 5.41. The Morgan fingerprint density at radius 1 is 1.38 bits per heavy atom. The maximum absolute atomic E-state index is 9.63. The van der Waals surface area contributed by atoms with Gasteiger partial charge in [-0.2, -0.15) is 0 Å². The number of aliphatic hydroxyl groups excluding tert-OH is 1. The lowest BCUT2D eigenvalue weighted by Crippen LogP contribution is -2.18. The predicted molar refractivity (Wildman–Crippen MR) is 54.1 cm³/mol. The average molecular weight is 174 g/mol. The fourth-order valence-corrected chi connectivity index (χ4v) is 1.14. The molecule has 1 rings (SSSR count). The third kappa shape index (κ3) is 2.93. The van der Waals surface area contributed by atoms with E-state index in [9.17, 15) is 5.11 Å². The lowest BCUT2D eigenvalue weighted by molar-refractivity contribution is 0.142. The maximum atomic E-state index is 9.63. The van der Waals surface area contributed by atoms with E-state index in [-0.39, 0.29) is 5.92 Å². The largest absolute Gasteiger partial charge is 0.392 e. The van der Waals surface area contributed by atoms with Crippen molar-refractivity contribution in [1.82, 2.24) is 0 Å². The molecular formula is C12H14O. The van der Waals surface area contributed by atoms with Crippen LogP contribution in [0.3, 0.4) is 0 Å². The molecule has 0 unspecified atom stereocenters. The van der Waals surface area contributed by atoms with E-state index in [1.807, 2.05) is 37.3 Å². The second-order valence-corrected chi connectivity index (χ2v) is 3.21. The predicted octanol–water partition coefficient (Wildman–Crippen LogP) is 1.86. The van der Waals surface area contributed by atoms with Crippen LogP contribution in [0.1, 0.15) is 12.5 Å². The number of hydrogen-bond donors (Lipinski definition) is 1. The molecule has 0 radical (unpaired) electrons. The minimum atomic E-state index is -0.438. The van der Waals surface area contributed by atoms with Gasteiger partial charge in [0.25, 0.3) is 0 Å². The van der Waals surface area contributed by atoms with Crippen LogP contribution in [-0.2, 0) is 6.42 Å². The molecule has 13 heavy (non-hydrogen) atoms. The molecule has 1 N–H and O–H groups in total. The summed E-state index contributed by atoms with van der Waals surface area (Å²) in [7, 11) is 0. The first-order chi connectivity index (χ1) is 6.24. The Kier molecular flexibility index (Phi) is 3.54. The second-order valence-electron chi connectivity index (χ2n) is 3.21. The Bertz CT molecular complexity index is 284. The van der Waals surface area contributed by atoms with E-state index in [1.54, 1.807) is 0 Å². The van der Waals surface area contributed by atoms with Crippen molar-refractivity contribution in [2.45, 2.75) is 19.4 Å². The molecule has 1 heteroatoms. The topological polar surface area (TPSA) is 20.2 Å². The van der Waals surface area contributed by atoms with E-state index < -0.39 is 6.10 Å². The number of aliphatic hydroxyl groups is 1. The molecule has 68 valence electrons. The molecule has 1 aromatic carbocycles. The summed E-state index contributed by atoms with van der Waals surface area (Å²) in [6.45, 7) is 1.85. The van der Waals surface area contributed by atoms with Crippen molar-refractivity contribution in [3.05, 3.63) is 35.9 Å². The Morgan fingerprint density at radius 2 is 2.00 bits per heavy atom. The van der Waals surface area contributed by atoms with Crippen LogP contribution in [0.2, 0.25) is 0 Å². The van der Waals surface area contributed by atoms with Crippen molar-refractivity contribution in [3.8, 4) is 12.3 Å². The van der Waals surface area contributed by atoms with Crippen LogP contribution in [0, 0.1) is 18.3 Å². The minimum Gasteiger partial charge on any atom is -0.392 e. The molecule has 2 atom stereocenters. The molecule has 1 aromatic rings. The van der Waals surface area contributed by atoms with Crippen LogP contribution in [0.25, 0.3) is 0 Å². The highest BCUT2D eigenvalue weighted by Crippen LogP contribution is 2.09. The van der Waals surface area contributed by atoms with Gasteiger partial charge in [0.2, 0.25) is 0 Å². The van der Waals surface area contributed by atoms with Crippen molar-refractivity contribution in [3.63, 3.8) is 0 Å². The summed E-state index contributed by atoms with van der Waals surface area (Å²) in [4.78, 5) is 0. The molecule has 0 aliphatic carbocycles. The van der Waals surface area contributed by atoms with Gasteiger partial charge in [-0.25, -0.2) is 0 Å². The Balaban J connectivity index is 2.56. The van der Waals surface area contributed by atoms with Crippen LogP contribution in [-0.4, -0.2) is 11.2 Å². The zero-order valence-corrected chi connectivity index (χ0v) is 7.77. The van der Waals surface area contributed by atoms with E-state index in [4.69, 9.17) is 6.42 Å². The molecule has 0 aliphatic rings. The maximum Gasteiger partial charge on any atom is 0.0715 e. The van der Waals surface area contributed by atoms with E-state index in [0.29, 0.717) is 6.42 Å². The van der Waals surface area contributed by atoms with Crippen molar-refractivity contribution < 1.29 is 5.11 Å². The zero-order valence-electron chi connectivity index (χ0n) is 7.77. The third-order valence-electron chi connectivity index (χ3n) is 2.13. The summed E-state index contributed by atoms with van der Waals surface area (Å²) in [6, 6.07) is 9.87. The summed E-state index contributed by atoms with van der Waals surface area (Å²) >= 11 is 0. The minimum absolute atomic E-state index is 0.0831. The smallest absolute Gasteiger partial charge is 0.0715 e. The first-order valence-electron chi connectivity index (χ1n) is 4.42. The van der Waals surface area contributed by atoms with E-state index in [1.165, 1.54) is 0 Å². The molecule has 0 fully saturated rings. The van der Waals surface area contributed by atoms with Gasteiger partial charge < -0.3 is 5.11 Å². The zero-order chi connectivity index (χ0) is 9.68. The van der Waals surface area contributed by atoms with Crippen LogP contribution in [0.4, 0.5) is 0 Å². The van der Waals surface area contributed by atoms with Gasteiger partial charge in [-0.05, 0) is 18.9 Å². The lowest BCUT2D eigenvalue weighted by Gasteiger charge is -2.13. The molecule has 0 aliphatic heterocycles. The molecule has 0 saturated heterocycles. The highest BCUT2D eigenvalue weighted by atomic mass is 16.3. The van der Waals surface area contributed by atoms with Crippen LogP contribution < -0.4 is 0 Å². The highest BCUT2D eigenvalue weighted by molar-refractivity contribution is 5.16. The fourth-order valence-electron chi connectivity index (χ4n) is 1.14. The van der Waals surface area contributed by atoms with Gasteiger partial charge >= 0.3 is 0 Å². The van der Waals surface area contributed by atoms with Gasteiger partial charge in [-0.3, -0.25) is 0 Å². The van der Waals surface area contributed by atoms with Crippen LogP contribution in [0.5, 0.6) is 0 Å². The Labute approximate surface area is 79.4 Å². The van der Waals surface area contributed by atoms with Crippen molar-refractivity contribution >= 4 is 0 Å². The molecule has 1 nitrogen and oxygen atoms in total. The summed E-state index contributed by atoms with van der Waals surface area (Å²) < 4.78 is 0. The van der Waals surface area contributed by atoms with Gasteiger partial charge in [-0.1, -0.05) is 30.3 Å². The number of terminal acetylenes is 1. The van der Waals surface area contributed by atoms with Gasteiger partial charge in [-0.15, -0.1) is 12.3 Å². The van der Waals surface area contributed by atoms with Gasteiger partial charge in [0, 0.05) is 5.92 Å². The summed E-state index contributed by atoms with van der Waals surface area (Å²) in [5.41, 5.74) is 1.12. The first kappa shape index (κ1) is 9.83. The fraction of sp³-hybridized carbons (Fsp3) is 0.333. The molecule has 0 saturated carbocycles. The van der Waals surface area contributed by atoms with E-state index >= 15 is 0 Å². The standard InChI is InChI=1S/C12H14O/c1-3-10(2)12(13)9-11-7-5-4-6-8-11/h1,4-8,10,12-13H,9H2,2H3/t10-,12+/m0/s1. The summed E-state index contributed by atoms with van der Waals surface area (Å²) in [5, 5.41) is 9.63. The normalized spacial score (nSPS) is 14.5. The first-order valence-corrected chi connectivity index (χ1v) is 4.42. The van der Waals surface area contributed by atoms with Crippen LogP contribution in [0.15, 0.2) is 30.3 Å². The third-order valence-corrected chi connectivity index (χ3v) is 2.13. The van der Waals surface area contributed by atoms with Crippen molar-refractivity contribution in [2.75, 3.05) is 0 Å². The highest BCUT2D eigenvalue weighted by Gasteiger charge is 2.11. The molecule has 0 spiro atoms. The van der Waals surface area contributed by atoms with E-state index in [2.05, 4.69) is 5.92 Å². The molecule has 0 bridgehead atoms. The lowest BCUT2D eigenvalue weighted by atomic mass is 9.99. The molecular weight excluding hydrogens is 160 g/mol. The van der Waals surface area contributed by atoms with Crippen molar-refractivity contribution in [2.24, 2.45) is 5.92 Å². The van der Waals surface area contributed by atoms with Gasteiger partial charge in [0.15, 0.2) is 0 Å². The average Bonchev–Trinajstić information content (AvgIpc) is 2.18. The van der Waals surface area contributed by atoms with E-state index in [0.717, 1.165) is 5.56 Å². The quantitative estimate of drug-likeness (QED) is 0.693. The number of rotatable bonds is 3. The molecule has 0 amide bonds. The van der Waals surface area contributed by atoms with Gasteiger partial charge in [0.05, 0.1) is 6.10 Å². The number of hydrogen-bond acceptors (Lipinski definition) is 1. The SMILES string of the molecule is C#C[C@H](C)[C@H](O)Cc1ccccc1. The molecule has 0 aromatic heterocycles. The second kappa shape index (κ2) is 4.69. The Morgan fingerprint density at radius 3 is 2.54 bits per heavy atom. The Hall–Kier alpha value is -1.26. The molecule has 0 heterocycles. The van der Waals surface area contributed by atoms with Crippen molar-refractivity contribution in [1.29, 1.82) is 0 Å². The van der Waals surface area contributed by atoms with Gasteiger partial charge in [0.1, 0.15) is 0 Å². The van der Waals surface area contributed by atoms with Crippen LogP contribution >= 0.6 is 0 Å².